The van der Waals surface area contributed by atoms with E-state index < -0.39 is 0 Å². The largest absolute Gasteiger partial charge is 0.325 e. The van der Waals surface area contributed by atoms with E-state index in [0.29, 0.717) is 0 Å². The fourth-order valence-corrected chi connectivity index (χ4v) is 3.56. The summed E-state index contributed by atoms with van der Waals surface area (Å²) in [5.41, 5.74) is 6.72. The van der Waals surface area contributed by atoms with Crippen molar-refractivity contribution in [3.63, 3.8) is 0 Å². The van der Waals surface area contributed by atoms with Crippen LogP contribution in [0.25, 0.3) is 0 Å². The van der Waals surface area contributed by atoms with Crippen molar-refractivity contribution in [1.82, 2.24) is 4.90 Å². The van der Waals surface area contributed by atoms with E-state index in [1.165, 1.54) is 64.5 Å². The second-order valence-electron chi connectivity index (χ2n) is 6.71. The molecule has 17 heavy (non-hydrogen) atoms. The third-order valence-corrected chi connectivity index (χ3v) is 4.95. The summed E-state index contributed by atoms with van der Waals surface area (Å²) in [6.45, 7) is 7.25. The predicted octanol–water partition coefficient (Wildman–Crippen LogP) is 3.16. The molecule has 0 aromatic carbocycles. The third kappa shape index (κ3) is 3.69. The van der Waals surface area contributed by atoms with Gasteiger partial charge in [0.05, 0.1) is 0 Å². The standard InChI is InChI=1S/C15H30N2/c1-13(2)17-11-7-14(12-17)6-10-15(16)8-4-3-5-9-15/h13-14H,3-12,16H2,1-2H3. The van der Waals surface area contributed by atoms with Crippen LogP contribution in [-0.2, 0) is 0 Å². The molecule has 1 aliphatic carbocycles. The Morgan fingerprint density at radius 1 is 1.24 bits per heavy atom. The Morgan fingerprint density at radius 3 is 2.53 bits per heavy atom. The first-order valence-corrected chi connectivity index (χ1v) is 7.62. The van der Waals surface area contributed by atoms with Crippen molar-refractivity contribution < 1.29 is 0 Å². The summed E-state index contributed by atoms with van der Waals surface area (Å²) < 4.78 is 0. The molecule has 1 aliphatic heterocycles. The van der Waals surface area contributed by atoms with Crippen molar-refractivity contribution >= 4 is 0 Å². The normalized spacial score (nSPS) is 30.0. The zero-order valence-corrected chi connectivity index (χ0v) is 11.8. The van der Waals surface area contributed by atoms with E-state index >= 15 is 0 Å². The molecule has 2 rings (SSSR count). The Bertz CT molecular complexity index is 231. The Hall–Kier alpha value is -0.0800. The minimum Gasteiger partial charge on any atom is -0.325 e. The van der Waals surface area contributed by atoms with Crippen LogP contribution in [0.15, 0.2) is 0 Å². The molecule has 100 valence electrons. The van der Waals surface area contributed by atoms with Crippen molar-refractivity contribution in [2.24, 2.45) is 11.7 Å². The van der Waals surface area contributed by atoms with E-state index in [1.807, 2.05) is 0 Å². The highest BCUT2D eigenvalue weighted by Gasteiger charge is 2.30. The van der Waals surface area contributed by atoms with E-state index in [2.05, 4.69) is 18.7 Å². The fraction of sp³-hybridized carbons (Fsp3) is 1.00. The second-order valence-corrected chi connectivity index (χ2v) is 6.71. The van der Waals surface area contributed by atoms with Crippen molar-refractivity contribution in [3.05, 3.63) is 0 Å². The summed E-state index contributed by atoms with van der Waals surface area (Å²) in [7, 11) is 0. The van der Waals surface area contributed by atoms with Crippen LogP contribution in [0.5, 0.6) is 0 Å². The van der Waals surface area contributed by atoms with Crippen LogP contribution in [0.4, 0.5) is 0 Å². The lowest BCUT2D eigenvalue weighted by atomic mass is 9.78. The summed E-state index contributed by atoms with van der Waals surface area (Å²) in [6.07, 6.45) is 10.7. The molecule has 0 bridgehead atoms. The van der Waals surface area contributed by atoms with Gasteiger partial charge in [-0.05, 0) is 58.4 Å². The summed E-state index contributed by atoms with van der Waals surface area (Å²) in [4.78, 5) is 2.62. The van der Waals surface area contributed by atoms with Gasteiger partial charge < -0.3 is 10.6 Å². The van der Waals surface area contributed by atoms with E-state index in [0.717, 1.165) is 12.0 Å². The number of nitrogens with zero attached hydrogens (tertiary/aromatic N) is 1. The number of hydrogen-bond donors (Lipinski definition) is 1. The molecule has 1 saturated heterocycles. The van der Waals surface area contributed by atoms with Crippen molar-refractivity contribution in [3.8, 4) is 0 Å². The third-order valence-electron chi connectivity index (χ3n) is 4.95. The maximum atomic E-state index is 6.52. The highest BCUT2D eigenvalue weighted by Crippen LogP contribution is 2.32. The quantitative estimate of drug-likeness (QED) is 0.815. The van der Waals surface area contributed by atoms with Crippen LogP contribution >= 0.6 is 0 Å². The molecule has 1 unspecified atom stereocenters. The predicted molar refractivity (Wildman–Crippen MR) is 74.1 cm³/mol. The van der Waals surface area contributed by atoms with Crippen molar-refractivity contribution in [1.29, 1.82) is 0 Å². The fourth-order valence-electron chi connectivity index (χ4n) is 3.56. The molecule has 0 aromatic rings. The van der Waals surface area contributed by atoms with E-state index in [1.54, 1.807) is 0 Å². The molecule has 2 aliphatic rings. The van der Waals surface area contributed by atoms with Crippen molar-refractivity contribution in [2.45, 2.75) is 76.8 Å². The molecule has 2 fully saturated rings. The molecule has 2 heteroatoms. The average molecular weight is 238 g/mol. The lowest BCUT2D eigenvalue weighted by Gasteiger charge is -2.34. The molecule has 0 radical (unpaired) electrons. The number of nitrogens with two attached hydrogens (primary N) is 1. The minimum absolute atomic E-state index is 0.198. The summed E-state index contributed by atoms with van der Waals surface area (Å²) >= 11 is 0. The van der Waals surface area contributed by atoms with E-state index in [4.69, 9.17) is 5.73 Å². The molecule has 1 saturated carbocycles. The molecular formula is C15H30N2. The molecule has 2 N–H and O–H groups in total. The molecular weight excluding hydrogens is 208 g/mol. The summed E-state index contributed by atoms with van der Waals surface area (Å²) in [6, 6.07) is 0.724. The Morgan fingerprint density at radius 2 is 1.94 bits per heavy atom. The maximum absolute atomic E-state index is 6.52. The van der Waals surface area contributed by atoms with Gasteiger partial charge in [-0.1, -0.05) is 19.3 Å². The molecule has 1 atom stereocenters. The highest BCUT2D eigenvalue weighted by atomic mass is 15.2. The topological polar surface area (TPSA) is 29.3 Å². The first-order valence-electron chi connectivity index (χ1n) is 7.62. The smallest absolute Gasteiger partial charge is 0.0154 e. The van der Waals surface area contributed by atoms with Crippen LogP contribution < -0.4 is 5.73 Å². The van der Waals surface area contributed by atoms with E-state index in [9.17, 15) is 0 Å². The molecule has 2 nitrogen and oxygen atoms in total. The van der Waals surface area contributed by atoms with Gasteiger partial charge in [0.25, 0.3) is 0 Å². The zero-order chi connectivity index (χ0) is 12.3. The van der Waals surface area contributed by atoms with Gasteiger partial charge in [0.15, 0.2) is 0 Å². The lowest BCUT2D eigenvalue weighted by molar-refractivity contribution is 0.239. The second kappa shape index (κ2) is 5.71. The van der Waals surface area contributed by atoms with Crippen LogP contribution in [0.1, 0.15) is 65.2 Å². The first kappa shape index (κ1) is 13.4. The molecule has 1 heterocycles. The lowest BCUT2D eigenvalue weighted by Crippen LogP contribution is -2.42. The van der Waals surface area contributed by atoms with Crippen LogP contribution in [0.2, 0.25) is 0 Å². The SMILES string of the molecule is CC(C)N1CCC(CCC2(N)CCCCC2)C1. The number of likely N-dealkylation sites (tertiary alicyclic amines) is 1. The van der Waals surface area contributed by atoms with Gasteiger partial charge in [0.1, 0.15) is 0 Å². The molecule has 0 spiro atoms. The highest BCUT2D eigenvalue weighted by molar-refractivity contribution is 4.89. The average Bonchev–Trinajstić information content (AvgIpc) is 2.76. The number of rotatable bonds is 4. The van der Waals surface area contributed by atoms with Gasteiger partial charge >= 0.3 is 0 Å². The van der Waals surface area contributed by atoms with Gasteiger partial charge in [-0.15, -0.1) is 0 Å². The van der Waals surface area contributed by atoms with E-state index in [-0.39, 0.29) is 5.54 Å². The zero-order valence-electron chi connectivity index (χ0n) is 11.8. The first-order chi connectivity index (χ1) is 8.09. The van der Waals surface area contributed by atoms with Crippen LogP contribution in [0.3, 0.4) is 0 Å². The molecule has 0 amide bonds. The van der Waals surface area contributed by atoms with Gasteiger partial charge in [0.2, 0.25) is 0 Å². The monoisotopic (exact) mass is 238 g/mol. The Kier molecular flexibility index (Phi) is 4.48. The van der Waals surface area contributed by atoms with Crippen molar-refractivity contribution in [2.75, 3.05) is 13.1 Å². The minimum atomic E-state index is 0.198. The Balaban J connectivity index is 1.72. The summed E-state index contributed by atoms with van der Waals surface area (Å²) in [5, 5.41) is 0. The van der Waals surface area contributed by atoms with Crippen LogP contribution in [-0.4, -0.2) is 29.6 Å². The van der Waals surface area contributed by atoms with Crippen LogP contribution in [0, 0.1) is 5.92 Å². The maximum Gasteiger partial charge on any atom is 0.0154 e. The van der Waals surface area contributed by atoms with Gasteiger partial charge in [-0.3, -0.25) is 0 Å². The molecule has 0 aromatic heterocycles. The van der Waals surface area contributed by atoms with Gasteiger partial charge in [-0.25, -0.2) is 0 Å². The number of hydrogen-bond acceptors (Lipinski definition) is 2. The van der Waals surface area contributed by atoms with Gasteiger partial charge in [0, 0.05) is 18.1 Å². The van der Waals surface area contributed by atoms with Gasteiger partial charge in [-0.2, -0.15) is 0 Å². The summed E-state index contributed by atoms with van der Waals surface area (Å²) in [5.74, 6) is 0.916. The Labute approximate surface area is 107 Å².